The number of nitrogens with one attached hydrogen (secondary N) is 2. The summed E-state index contributed by atoms with van der Waals surface area (Å²) in [5, 5.41) is 15.7. The molecule has 0 aliphatic carbocycles. The Labute approximate surface area is 113 Å². The van der Waals surface area contributed by atoms with Gasteiger partial charge >= 0.3 is 6.03 Å². The van der Waals surface area contributed by atoms with E-state index >= 15 is 0 Å². The lowest BCUT2D eigenvalue weighted by Gasteiger charge is -2.11. The molecule has 7 nitrogen and oxygen atoms in total. The fourth-order valence-corrected chi connectivity index (χ4v) is 2.14. The van der Waals surface area contributed by atoms with Crippen LogP contribution >= 0.6 is 11.6 Å². The highest BCUT2D eigenvalue weighted by Crippen LogP contribution is 2.30. The molecule has 1 aliphatic heterocycles. The maximum atomic E-state index is 11.5. The second kappa shape index (κ2) is 4.85. The van der Waals surface area contributed by atoms with Gasteiger partial charge in [0.05, 0.1) is 15.5 Å². The number of nitro benzene ring substituents is 1. The Balaban J connectivity index is 2.38. The summed E-state index contributed by atoms with van der Waals surface area (Å²) in [5.41, 5.74) is 0.755. The van der Waals surface area contributed by atoms with Gasteiger partial charge in [-0.3, -0.25) is 20.2 Å². The lowest BCUT2D eigenvalue weighted by Crippen LogP contribution is -2.31. The summed E-state index contributed by atoms with van der Waals surface area (Å²) in [4.78, 5) is 32.9. The molecule has 1 unspecified atom stereocenters. The van der Waals surface area contributed by atoms with Gasteiger partial charge in [0.15, 0.2) is 0 Å². The fraction of sp³-hybridized carbons (Fsp3) is 0.273. The van der Waals surface area contributed by atoms with Gasteiger partial charge in [0, 0.05) is 12.5 Å². The number of nitro groups is 1. The predicted octanol–water partition coefficient (Wildman–Crippen LogP) is 1.31. The molecule has 2 rings (SSSR count). The molecule has 0 bridgehead atoms. The third-order valence-corrected chi connectivity index (χ3v) is 3.40. The Hall–Kier alpha value is -2.15. The first kappa shape index (κ1) is 13.3. The number of carbonyl (C=O) groups is 2. The van der Waals surface area contributed by atoms with Gasteiger partial charge in [-0.05, 0) is 12.5 Å². The van der Waals surface area contributed by atoms with Crippen LogP contribution in [-0.4, -0.2) is 22.9 Å². The van der Waals surface area contributed by atoms with Crippen molar-refractivity contribution in [2.24, 2.45) is 0 Å². The molecule has 1 aromatic rings. The normalized spacial score (nSPS) is 18.1. The molecule has 1 atom stereocenters. The second-order valence-electron chi connectivity index (χ2n) is 4.17. The number of urea groups is 1. The number of hydrogen-bond acceptors (Lipinski definition) is 4. The first-order valence-corrected chi connectivity index (χ1v) is 5.81. The van der Waals surface area contributed by atoms with E-state index in [2.05, 4.69) is 10.6 Å². The molecule has 8 heteroatoms. The van der Waals surface area contributed by atoms with E-state index in [-0.39, 0.29) is 22.7 Å². The minimum Gasteiger partial charge on any atom is -0.326 e. The van der Waals surface area contributed by atoms with Crippen molar-refractivity contribution in [3.05, 3.63) is 38.4 Å². The van der Waals surface area contributed by atoms with Crippen molar-refractivity contribution in [3.63, 3.8) is 0 Å². The van der Waals surface area contributed by atoms with E-state index in [1.165, 1.54) is 12.1 Å². The summed E-state index contributed by atoms with van der Waals surface area (Å²) < 4.78 is 0. The minimum atomic E-state index is -0.842. The summed E-state index contributed by atoms with van der Waals surface area (Å²) in [6, 6.07) is 1.43. The smallest absolute Gasteiger partial charge is 0.322 e. The number of nitrogens with zero attached hydrogens (tertiary/aromatic N) is 1. The Morgan fingerprint density at radius 1 is 1.42 bits per heavy atom. The van der Waals surface area contributed by atoms with Crippen molar-refractivity contribution in [2.45, 2.75) is 19.4 Å². The maximum absolute atomic E-state index is 11.5. The summed E-state index contributed by atoms with van der Waals surface area (Å²) in [6.07, 6.45) is -0.0194. The van der Waals surface area contributed by atoms with Gasteiger partial charge in [0.2, 0.25) is 0 Å². The Kier molecular flexibility index (Phi) is 3.39. The molecule has 1 saturated heterocycles. The zero-order chi connectivity index (χ0) is 14.2. The van der Waals surface area contributed by atoms with E-state index in [0.717, 1.165) is 0 Å². The molecular weight excluding hydrogens is 274 g/mol. The molecule has 1 fully saturated rings. The van der Waals surface area contributed by atoms with Crippen LogP contribution in [0.1, 0.15) is 11.1 Å². The first-order chi connectivity index (χ1) is 8.90. The van der Waals surface area contributed by atoms with E-state index in [0.29, 0.717) is 5.56 Å². The summed E-state index contributed by atoms with van der Waals surface area (Å²) >= 11 is 6.06. The van der Waals surface area contributed by atoms with Gasteiger partial charge in [0.1, 0.15) is 6.04 Å². The summed E-state index contributed by atoms with van der Waals surface area (Å²) in [7, 11) is 0. The molecule has 0 spiro atoms. The van der Waals surface area contributed by atoms with Crippen molar-refractivity contribution in [1.82, 2.24) is 10.6 Å². The monoisotopic (exact) mass is 283 g/mol. The van der Waals surface area contributed by atoms with E-state index in [1.54, 1.807) is 6.92 Å². The molecule has 1 aromatic carbocycles. The van der Waals surface area contributed by atoms with Crippen LogP contribution in [-0.2, 0) is 11.2 Å². The van der Waals surface area contributed by atoms with E-state index < -0.39 is 22.9 Å². The number of hydrogen-bond donors (Lipinski definition) is 2. The SMILES string of the molecule is Cc1ccc([N+](=O)[O-])c(CC2NC(=O)NC2=O)c1Cl. The minimum absolute atomic E-state index is 0.0194. The van der Waals surface area contributed by atoms with Crippen molar-refractivity contribution in [2.75, 3.05) is 0 Å². The van der Waals surface area contributed by atoms with Crippen LogP contribution in [0.4, 0.5) is 10.5 Å². The van der Waals surface area contributed by atoms with Gasteiger partial charge in [-0.15, -0.1) is 0 Å². The number of amides is 3. The molecule has 3 amide bonds. The molecule has 1 heterocycles. The predicted molar refractivity (Wildman–Crippen MR) is 67.0 cm³/mol. The van der Waals surface area contributed by atoms with Crippen LogP contribution in [0.2, 0.25) is 5.02 Å². The van der Waals surface area contributed by atoms with Gasteiger partial charge in [-0.1, -0.05) is 17.7 Å². The van der Waals surface area contributed by atoms with Crippen molar-refractivity contribution in [3.8, 4) is 0 Å². The van der Waals surface area contributed by atoms with Gasteiger partial charge in [-0.2, -0.15) is 0 Å². The average molecular weight is 284 g/mol. The van der Waals surface area contributed by atoms with Gasteiger partial charge in [-0.25, -0.2) is 4.79 Å². The van der Waals surface area contributed by atoms with Crippen LogP contribution in [0.15, 0.2) is 12.1 Å². The van der Waals surface area contributed by atoms with Crippen LogP contribution in [0.5, 0.6) is 0 Å². The summed E-state index contributed by atoms with van der Waals surface area (Å²) in [5.74, 6) is -0.517. The van der Waals surface area contributed by atoms with Gasteiger partial charge in [0.25, 0.3) is 11.6 Å². The number of benzene rings is 1. The highest BCUT2D eigenvalue weighted by Gasteiger charge is 2.32. The average Bonchev–Trinajstić information content (AvgIpc) is 2.63. The third kappa shape index (κ3) is 2.50. The number of rotatable bonds is 3. The molecular formula is C11H10ClN3O4. The highest BCUT2D eigenvalue weighted by molar-refractivity contribution is 6.32. The van der Waals surface area contributed by atoms with Crippen molar-refractivity contribution < 1.29 is 14.5 Å². The quantitative estimate of drug-likeness (QED) is 0.496. The van der Waals surface area contributed by atoms with Crippen LogP contribution in [0, 0.1) is 17.0 Å². The second-order valence-corrected chi connectivity index (χ2v) is 4.55. The largest absolute Gasteiger partial charge is 0.326 e. The van der Waals surface area contributed by atoms with Gasteiger partial charge < -0.3 is 5.32 Å². The zero-order valence-corrected chi connectivity index (χ0v) is 10.7. The number of carbonyl (C=O) groups excluding carboxylic acids is 2. The Morgan fingerprint density at radius 3 is 2.63 bits per heavy atom. The van der Waals surface area contributed by atoms with Crippen molar-refractivity contribution in [1.29, 1.82) is 0 Å². The Morgan fingerprint density at radius 2 is 2.11 bits per heavy atom. The van der Waals surface area contributed by atoms with E-state index in [1.807, 2.05) is 0 Å². The standard InChI is InChI=1S/C11H10ClN3O4/c1-5-2-3-8(15(18)19)6(9(5)12)4-7-10(16)14-11(17)13-7/h2-3,7H,4H2,1H3,(H2,13,14,16,17). The Bertz CT molecular complexity index is 588. The number of halogens is 1. The molecule has 0 aromatic heterocycles. The molecule has 1 aliphatic rings. The van der Waals surface area contributed by atoms with Crippen LogP contribution < -0.4 is 10.6 Å². The summed E-state index contributed by atoms with van der Waals surface area (Å²) in [6.45, 7) is 1.71. The van der Waals surface area contributed by atoms with Crippen molar-refractivity contribution >= 4 is 29.2 Å². The molecule has 19 heavy (non-hydrogen) atoms. The molecule has 0 radical (unpaired) electrons. The lowest BCUT2D eigenvalue weighted by molar-refractivity contribution is -0.385. The fourth-order valence-electron chi connectivity index (χ4n) is 1.90. The van der Waals surface area contributed by atoms with E-state index in [4.69, 9.17) is 11.6 Å². The first-order valence-electron chi connectivity index (χ1n) is 5.44. The van der Waals surface area contributed by atoms with E-state index in [9.17, 15) is 19.7 Å². The number of aryl methyl sites for hydroxylation is 1. The van der Waals surface area contributed by atoms with Crippen LogP contribution in [0.25, 0.3) is 0 Å². The molecule has 100 valence electrons. The molecule has 0 saturated carbocycles. The lowest BCUT2D eigenvalue weighted by atomic mass is 10.0. The number of imide groups is 1. The highest BCUT2D eigenvalue weighted by atomic mass is 35.5. The zero-order valence-electron chi connectivity index (χ0n) is 9.90. The third-order valence-electron chi connectivity index (χ3n) is 2.88. The topological polar surface area (TPSA) is 101 Å². The van der Waals surface area contributed by atoms with Crippen LogP contribution in [0.3, 0.4) is 0 Å². The maximum Gasteiger partial charge on any atom is 0.322 e. The molecule has 2 N–H and O–H groups in total.